The molecule has 18 heavy (non-hydrogen) atoms. The average molecular weight is 250 g/mol. The Hall–Kier alpha value is -1.42. The van der Waals surface area contributed by atoms with Crippen molar-refractivity contribution in [2.45, 2.75) is 33.7 Å². The summed E-state index contributed by atoms with van der Waals surface area (Å²) in [6, 6.07) is 5.16. The number of carbonyl (C=O) groups is 1. The lowest BCUT2D eigenvalue weighted by Crippen LogP contribution is -2.28. The summed E-state index contributed by atoms with van der Waals surface area (Å²) in [7, 11) is 0. The number of aromatic nitrogens is 1. The van der Waals surface area contributed by atoms with Crippen LogP contribution in [0.5, 0.6) is 0 Å². The van der Waals surface area contributed by atoms with E-state index in [1.165, 1.54) is 6.07 Å². The molecule has 0 aliphatic heterocycles. The number of pyridine rings is 1. The van der Waals surface area contributed by atoms with Crippen molar-refractivity contribution in [1.82, 2.24) is 9.88 Å². The highest BCUT2D eigenvalue weighted by Crippen LogP contribution is 2.08. The molecule has 1 aromatic rings. The van der Waals surface area contributed by atoms with Gasteiger partial charge in [-0.1, -0.05) is 33.3 Å². The van der Waals surface area contributed by atoms with E-state index >= 15 is 0 Å². The van der Waals surface area contributed by atoms with E-state index in [0.717, 1.165) is 25.2 Å². The third-order valence-electron chi connectivity index (χ3n) is 3.13. The molecule has 4 nitrogen and oxygen atoms in total. The molecule has 1 aromatic heterocycles. The summed E-state index contributed by atoms with van der Waals surface area (Å²) in [6.45, 7) is 9.20. The predicted molar refractivity (Wildman–Crippen MR) is 71.6 cm³/mol. The topological polar surface area (TPSA) is 53.4 Å². The standard InChI is InChI=1S/C14H22N2O2/c1-4-11(3)9-16(5-2)10-12-7-6-8-13(15-12)14(17)18/h6-8,11H,4-5,9-10H2,1-3H3,(H,17,18). The van der Waals surface area contributed by atoms with E-state index in [1.807, 2.05) is 6.07 Å². The van der Waals surface area contributed by atoms with Crippen molar-refractivity contribution in [1.29, 1.82) is 0 Å². The zero-order chi connectivity index (χ0) is 13.5. The number of aromatic carboxylic acids is 1. The molecule has 0 spiro atoms. The Bertz CT molecular complexity index is 393. The summed E-state index contributed by atoms with van der Waals surface area (Å²) in [4.78, 5) is 17.3. The van der Waals surface area contributed by atoms with Crippen LogP contribution >= 0.6 is 0 Å². The quantitative estimate of drug-likeness (QED) is 0.808. The smallest absolute Gasteiger partial charge is 0.354 e. The molecular formula is C14H22N2O2. The zero-order valence-corrected chi connectivity index (χ0v) is 11.4. The van der Waals surface area contributed by atoms with Gasteiger partial charge < -0.3 is 5.11 Å². The van der Waals surface area contributed by atoms with E-state index in [-0.39, 0.29) is 5.69 Å². The third-order valence-corrected chi connectivity index (χ3v) is 3.13. The van der Waals surface area contributed by atoms with Gasteiger partial charge >= 0.3 is 5.97 Å². The molecule has 0 saturated heterocycles. The van der Waals surface area contributed by atoms with Crippen LogP contribution in [0.25, 0.3) is 0 Å². The fraction of sp³-hybridized carbons (Fsp3) is 0.571. The molecule has 0 aliphatic carbocycles. The minimum atomic E-state index is -0.971. The van der Waals surface area contributed by atoms with Gasteiger partial charge in [-0.3, -0.25) is 4.90 Å². The molecule has 4 heteroatoms. The number of carboxylic acid groups (broad SMARTS) is 1. The summed E-state index contributed by atoms with van der Waals surface area (Å²) in [6.07, 6.45) is 1.15. The fourth-order valence-electron chi connectivity index (χ4n) is 1.79. The molecule has 0 bridgehead atoms. The van der Waals surface area contributed by atoms with Gasteiger partial charge in [0.25, 0.3) is 0 Å². The molecule has 0 saturated carbocycles. The molecule has 1 heterocycles. The van der Waals surface area contributed by atoms with Crippen LogP contribution < -0.4 is 0 Å². The first kappa shape index (κ1) is 14.6. The van der Waals surface area contributed by atoms with Crippen molar-refractivity contribution in [3.8, 4) is 0 Å². The molecule has 1 unspecified atom stereocenters. The maximum Gasteiger partial charge on any atom is 0.354 e. The minimum absolute atomic E-state index is 0.118. The number of carboxylic acids is 1. The number of hydrogen-bond donors (Lipinski definition) is 1. The third kappa shape index (κ3) is 4.45. The lowest BCUT2D eigenvalue weighted by molar-refractivity contribution is 0.0690. The van der Waals surface area contributed by atoms with E-state index in [9.17, 15) is 4.79 Å². The molecule has 0 aliphatic rings. The molecular weight excluding hydrogens is 228 g/mol. The van der Waals surface area contributed by atoms with Gasteiger partial charge in [-0.2, -0.15) is 0 Å². The van der Waals surface area contributed by atoms with Crippen LogP contribution in [0.15, 0.2) is 18.2 Å². The first-order chi connectivity index (χ1) is 8.56. The molecule has 1 atom stereocenters. The Morgan fingerprint density at radius 2 is 2.17 bits per heavy atom. The maximum atomic E-state index is 10.9. The van der Waals surface area contributed by atoms with E-state index in [2.05, 4.69) is 30.7 Å². The molecule has 1 rings (SSSR count). The first-order valence-electron chi connectivity index (χ1n) is 6.48. The second-order valence-electron chi connectivity index (χ2n) is 4.66. The van der Waals surface area contributed by atoms with Crippen molar-refractivity contribution in [3.63, 3.8) is 0 Å². The summed E-state index contributed by atoms with van der Waals surface area (Å²) in [5.74, 6) is -0.325. The van der Waals surface area contributed by atoms with Crippen LogP contribution in [0.3, 0.4) is 0 Å². The lowest BCUT2D eigenvalue weighted by atomic mass is 10.1. The van der Waals surface area contributed by atoms with Crippen LogP contribution in [0, 0.1) is 5.92 Å². The Labute approximate surface area is 109 Å². The summed E-state index contributed by atoms with van der Waals surface area (Å²) in [5.41, 5.74) is 0.937. The summed E-state index contributed by atoms with van der Waals surface area (Å²) >= 11 is 0. The van der Waals surface area contributed by atoms with Crippen molar-refractivity contribution in [2.75, 3.05) is 13.1 Å². The average Bonchev–Trinajstić information content (AvgIpc) is 2.38. The highest BCUT2D eigenvalue weighted by Gasteiger charge is 2.10. The highest BCUT2D eigenvalue weighted by molar-refractivity contribution is 5.85. The van der Waals surface area contributed by atoms with Gasteiger partial charge in [0.2, 0.25) is 0 Å². The van der Waals surface area contributed by atoms with E-state index in [1.54, 1.807) is 6.07 Å². The molecule has 0 fully saturated rings. The van der Waals surface area contributed by atoms with Crippen LogP contribution in [0.2, 0.25) is 0 Å². The zero-order valence-electron chi connectivity index (χ0n) is 11.4. The fourth-order valence-corrected chi connectivity index (χ4v) is 1.79. The van der Waals surface area contributed by atoms with Crippen LogP contribution in [-0.4, -0.2) is 34.0 Å². The number of rotatable bonds is 7. The van der Waals surface area contributed by atoms with Crippen molar-refractivity contribution in [2.24, 2.45) is 5.92 Å². The minimum Gasteiger partial charge on any atom is -0.477 e. The Morgan fingerprint density at radius 1 is 1.44 bits per heavy atom. The Kier molecular flexibility index (Phi) is 5.78. The van der Waals surface area contributed by atoms with Gasteiger partial charge in [0.1, 0.15) is 5.69 Å². The number of hydrogen-bond acceptors (Lipinski definition) is 3. The Morgan fingerprint density at radius 3 is 2.72 bits per heavy atom. The van der Waals surface area contributed by atoms with Gasteiger partial charge in [0, 0.05) is 13.1 Å². The van der Waals surface area contributed by atoms with Crippen LogP contribution in [-0.2, 0) is 6.54 Å². The predicted octanol–water partition coefficient (Wildman–Crippen LogP) is 2.65. The molecule has 0 radical (unpaired) electrons. The first-order valence-corrected chi connectivity index (χ1v) is 6.48. The Balaban J connectivity index is 2.69. The van der Waals surface area contributed by atoms with Crippen LogP contribution in [0.1, 0.15) is 43.4 Å². The molecule has 0 aromatic carbocycles. The van der Waals surface area contributed by atoms with E-state index < -0.39 is 5.97 Å². The summed E-state index contributed by atoms with van der Waals surface area (Å²) < 4.78 is 0. The van der Waals surface area contributed by atoms with Gasteiger partial charge in [-0.15, -0.1) is 0 Å². The van der Waals surface area contributed by atoms with Crippen LogP contribution in [0.4, 0.5) is 0 Å². The van der Waals surface area contributed by atoms with E-state index in [0.29, 0.717) is 12.5 Å². The largest absolute Gasteiger partial charge is 0.477 e. The van der Waals surface area contributed by atoms with Gasteiger partial charge in [-0.25, -0.2) is 9.78 Å². The van der Waals surface area contributed by atoms with Crippen molar-refractivity contribution in [3.05, 3.63) is 29.6 Å². The highest BCUT2D eigenvalue weighted by atomic mass is 16.4. The van der Waals surface area contributed by atoms with Gasteiger partial charge in [-0.05, 0) is 24.6 Å². The van der Waals surface area contributed by atoms with Crippen molar-refractivity contribution >= 4 is 5.97 Å². The molecule has 100 valence electrons. The number of nitrogens with zero attached hydrogens (tertiary/aromatic N) is 2. The normalized spacial score (nSPS) is 12.7. The molecule has 1 N–H and O–H groups in total. The maximum absolute atomic E-state index is 10.9. The summed E-state index contributed by atoms with van der Waals surface area (Å²) in [5, 5.41) is 8.91. The second kappa shape index (κ2) is 7.11. The monoisotopic (exact) mass is 250 g/mol. The SMILES string of the molecule is CCC(C)CN(CC)Cc1cccc(C(=O)O)n1. The lowest BCUT2D eigenvalue weighted by Gasteiger charge is -2.23. The second-order valence-corrected chi connectivity index (χ2v) is 4.66. The molecule has 0 amide bonds. The van der Waals surface area contributed by atoms with Gasteiger partial charge in [0.05, 0.1) is 5.69 Å². The van der Waals surface area contributed by atoms with Crippen molar-refractivity contribution < 1.29 is 9.90 Å². The van der Waals surface area contributed by atoms with E-state index in [4.69, 9.17) is 5.11 Å². The van der Waals surface area contributed by atoms with Gasteiger partial charge in [0.15, 0.2) is 0 Å².